The quantitative estimate of drug-likeness (QED) is 0.209. The SMILES string of the molecule is Nc1c(S(=O)(=O)O)cc(Nc2cccc3ccccc23)c2c1C(=O)c1ccccc1C2=O.[Na]. The standard InChI is InChI=1S/C24H16N2O5S.Na/c25-22-19(32(29,30)31)12-18(26-17-11-5-7-13-6-1-2-8-14(13)17)20-21(22)24(28)16-10-4-3-9-15(16)23(20)27;/h1-12,26H,25H2,(H,29,30,31);. The Morgan fingerprint density at radius 2 is 1.33 bits per heavy atom. The van der Waals surface area contributed by atoms with E-state index in [0.717, 1.165) is 16.8 Å². The van der Waals surface area contributed by atoms with Crippen molar-refractivity contribution in [1.29, 1.82) is 0 Å². The number of anilines is 3. The van der Waals surface area contributed by atoms with E-state index < -0.39 is 32.3 Å². The smallest absolute Gasteiger partial charge is 0.296 e. The molecule has 0 aliphatic heterocycles. The number of nitrogens with two attached hydrogens (primary N) is 1. The maximum atomic E-state index is 13.4. The Labute approximate surface area is 211 Å². The molecule has 4 aromatic rings. The third-order valence-electron chi connectivity index (χ3n) is 5.54. The summed E-state index contributed by atoms with van der Waals surface area (Å²) in [5.41, 5.74) is 6.25. The summed E-state index contributed by atoms with van der Waals surface area (Å²) >= 11 is 0. The largest absolute Gasteiger partial charge is 0.397 e. The predicted octanol–water partition coefficient (Wildman–Crippen LogP) is 3.81. The van der Waals surface area contributed by atoms with Crippen molar-refractivity contribution < 1.29 is 22.6 Å². The van der Waals surface area contributed by atoms with Gasteiger partial charge in [-0.3, -0.25) is 14.1 Å². The van der Waals surface area contributed by atoms with E-state index in [-0.39, 0.29) is 57.5 Å². The number of hydrogen-bond acceptors (Lipinski definition) is 6. The van der Waals surface area contributed by atoms with Crippen LogP contribution in [0.5, 0.6) is 0 Å². The third-order valence-corrected chi connectivity index (χ3v) is 6.43. The summed E-state index contributed by atoms with van der Waals surface area (Å²) in [5.74, 6) is -1.05. The van der Waals surface area contributed by atoms with Crippen molar-refractivity contribution in [3.63, 3.8) is 0 Å². The van der Waals surface area contributed by atoms with Gasteiger partial charge >= 0.3 is 0 Å². The number of carbonyl (C=O) groups is 2. The van der Waals surface area contributed by atoms with Crippen LogP contribution in [-0.2, 0) is 10.1 Å². The Hall–Kier alpha value is -3.01. The first kappa shape index (κ1) is 23.2. The zero-order valence-electron chi connectivity index (χ0n) is 17.5. The van der Waals surface area contributed by atoms with Gasteiger partial charge in [-0.25, -0.2) is 0 Å². The van der Waals surface area contributed by atoms with Crippen LogP contribution in [-0.4, -0.2) is 54.1 Å². The van der Waals surface area contributed by atoms with Crippen molar-refractivity contribution in [3.8, 4) is 0 Å². The molecule has 1 aliphatic carbocycles. The molecule has 33 heavy (non-hydrogen) atoms. The Bertz CT molecular complexity index is 1580. The maximum Gasteiger partial charge on any atom is 0.296 e. The van der Waals surface area contributed by atoms with Crippen LogP contribution in [0.4, 0.5) is 17.1 Å². The molecule has 0 bridgehead atoms. The van der Waals surface area contributed by atoms with E-state index in [1.807, 2.05) is 30.3 Å². The molecule has 4 aromatic carbocycles. The summed E-state index contributed by atoms with van der Waals surface area (Å²) in [6.07, 6.45) is 0. The molecule has 0 fully saturated rings. The zero-order chi connectivity index (χ0) is 22.6. The Kier molecular flexibility index (Phi) is 5.90. The number of nitrogen functional groups attached to an aromatic ring is 1. The molecule has 0 amide bonds. The van der Waals surface area contributed by atoms with Gasteiger partial charge in [0.25, 0.3) is 10.1 Å². The first-order chi connectivity index (χ1) is 15.3. The first-order valence-electron chi connectivity index (χ1n) is 9.64. The normalized spacial score (nSPS) is 12.6. The molecular formula is C24H16N2NaO5S. The minimum absolute atomic E-state index is 0. The van der Waals surface area contributed by atoms with E-state index in [0.29, 0.717) is 5.69 Å². The summed E-state index contributed by atoms with van der Waals surface area (Å²) in [5, 5.41) is 4.84. The van der Waals surface area contributed by atoms with E-state index in [9.17, 15) is 22.6 Å². The van der Waals surface area contributed by atoms with Crippen molar-refractivity contribution in [2.75, 3.05) is 11.1 Å². The molecule has 0 unspecified atom stereocenters. The number of hydrogen-bond donors (Lipinski definition) is 3. The average Bonchev–Trinajstić information content (AvgIpc) is 2.78. The van der Waals surface area contributed by atoms with Gasteiger partial charge < -0.3 is 11.1 Å². The van der Waals surface area contributed by atoms with E-state index in [1.54, 1.807) is 24.3 Å². The van der Waals surface area contributed by atoms with E-state index in [2.05, 4.69) is 5.32 Å². The summed E-state index contributed by atoms with van der Waals surface area (Å²) in [4.78, 5) is 26.0. The summed E-state index contributed by atoms with van der Waals surface area (Å²) in [7, 11) is -4.77. The molecule has 0 heterocycles. The molecule has 7 nitrogen and oxygen atoms in total. The van der Waals surface area contributed by atoms with Gasteiger partial charge in [0.1, 0.15) is 4.90 Å². The first-order valence-corrected chi connectivity index (χ1v) is 11.1. The zero-order valence-corrected chi connectivity index (χ0v) is 20.3. The minimum atomic E-state index is -4.77. The molecule has 0 spiro atoms. The second-order valence-corrected chi connectivity index (χ2v) is 8.81. The van der Waals surface area contributed by atoms with Gasteiger partial charge in [0.15, 0.2) is 11.6 Å². The number of nitrogens with one attached hydrogen (secondary N) is 1. The fourth-order valence-electron chi connectivity index (χ4n) is 4.09. The van der Waals surface area contributed by atoms with Gasteiger partial charge in [0.05, 0.1) is 22.5 Å². The van der Waals surface area contributed by atoms with Crippen molar-refractivity contribution >= 4 is 79.1 Å². The number of benzene rings is 4. The molecule has 5 rings (SSSR count). The molecule has 0 saturated carbocycles. The Balaban J connectivity index is 0.00000259. The molecule has 0 saturated heterocycles. The Morgan fingerprint density at radius 1 is 0.758 bits per heavy atom. The Morgan fingerprint density at radius 3 is 2.00 bits per heavy atom. The number of rotatable bonds is 3. The molecule has 0 aromatic heterocycles. The van der Waals surface area contributed by atoms with Crippen LogP contribution in [0.1, 0.15) is 31.8 Å². The number of fused-ring (bicyclic) bond motifs is 3. The second-order valence-electron chi connectivity index (χ2n) is 7.42. The molecule has 1 radical (unpaired) electrons. The van der Waals surface area contributed by atoms with Crippen LogP contribution in [0.25, 0.3) is 10.8 Å². The predicted molar refractivity (Wildman–Crippen MR) is 127 cm³/mol. The molecular weight excluding hydrogens is 451 g/mol. The summed E-state index contributed by atoms with van der Waals surface area (Å²) < 4.78 is 33.8. The molecule has 9 heteroatoms. The van der Waals surface area contributed by atoms with Gasteiger partial charge in [-0.1, -0.05) is 60.7 Å². The van der Waals surface area contributed by atoms with Crippen molar-refractivity contribution in [2.24, 2.45) is 0 Å². The average molecular weight is 467 g/mol. The van der Waals surface area contributed by atoms with Gasteiger partial charge in [-0.05, 0) is 17.5 Å². The van der Waals surface area contributed by atoms with Gasteiger partial charge in [-0.2, -0.15) is 8.42 Å². The summed E-state index contributed by atoms with van der Waals surface area (Å²) in [6, 6.07) is 20.3. The fraction of sp³-hybridized carbons (Fsp3) is 0. The van der Waals surface area contributed by atoms with Crippen LogP contribution < -0.4 is 11.1 Å². The molecule has 4 N–H and O–H groups in total. The minimum Gasteiger partial charge on any atom is -0.397 e. The van der Waals surface area contributed by atoms with Crippen molar-refractivity contribution in [2.45, 2.75) is 4.90 Å². The van der Waals surface area contributed by atoms with E-state index in [1.165, 1.54) is 12.1 Å². The van der Waals surface area contributed by atoms with Crippen molar-refractivity contribution in [1.82, 2.24) is 0 Å². The van der Waals surface area contributed by atoms with E-state index >= 15 is 0 Å². The third kappa shape index (κ3) is 3.76. The summed E-state index contributed by atoms with van der Waals surface area (Å²) in [6.45, 7) is 0. The van der Waals surface area contributed by atoms with Gasteiger partial charge in [0, 0.05) is 51.8 Å². The van der Waals surface area contributed by atoms with Crippen molar-refractivity contribution in [3.05, 3.63) is 95.1 Å². The second kappa shape index (κ2) is 8.40. The topological polar surface area (TPSA) is 127 Å². The molecule has 0 atom stereocenters. The van der Waals surface area contributed by atoms with Crippen LogP contribution in [0.3, 0.4) is 0 Å². The van der Waals surface area contributed by atoms with Gasteiger partial charge in [-0.15, -0.1) is 0 Å². The molecule has 1 aliphatic rings. The number of carbonyl (C=O) groups excluding carboxylic acids is 2. The van der Waals surface area contributed by atoms with Crippen LogP contribution in [0.15, 0.2) is 77.7 Å². The van der Waals surface area contributed by atoms with Gasteiger partial charge in [0.2, 0.25) is 0 Å². The van der Waals surface area contributed by atoms with Crippen LogP contribution in [0.2, 0.25) is 0 Å². The van der Waals surface area contributed by atoms with E-state index in [4.69, 9.17) is 5.73 Å². The monoisotopic (exact) mass is 467 g/mol. The fourth-order valence-corrected chi connectivity index (χ4v) is 4.73. The molecule has 159 valence electrons. The number of ketones is 2. The van der Waals surface area contributed by atoms with Crippen LogP contribution in [0, 0.1) is 0 Å². The maximum absolute atomic E-state index is 13.4. The van der Waals surface area contributed by atoms with Crippen LogP contribution >= 0.6 is 0 Å².